The van der Waals surface area contributed by atoms with E-state index in [1.54, 1.807) is 12.1 Å². The largest absolute Gasteiger partial charge is 0.508 e. The van der Waals surface area contributed by atoms with Crippen molar-refractivity contribution in [2.45, 2.75) is 12.5 Å². The third kappa shape index (κ3) is 1.62. The third-order valence-corrected chi connectivity index (χ3v) is 1.66. The minimum atomic E-state index is -1.52. The molecule has 0 fully saturated rings. The molecule has 64 valence electrons. The number of carbonyl (C=O) groups is 1. The van der Waals surface area contributed by atoms with Gasteiger partial charge in [0.15, 0.2) is 6.29 Å². The van der Waals surface area contributed by atoms with Crippen molar-refractivity contribution in [3.8, 4) is 5.75 Å². The van der Waals surface area contributed by atoms with Gasteiger partial charge in [-0.15, -0.1) is 0 Å². The minimum absolute atomic E-state index is 0.0367. The van der Waals surface area contributed by atoms with Crippen LogP contribution in [-0.2, 0) is 10.4 Å². The van der Waals surface area contributed by atoms with Crippen LogP contribution in [0, 0.1) is 0 Å². The molecule has 0 heterocycles. The van der Waals surface area contributed by atoms with Crippen LogP contribution >= 0.6 is 0 Å². The normalized spacial score (nSPS) is 15.2. The fraction of sp³-hybridized carbons (Fsp3) is 0.222. The van der Waals surface area contributed by atoms with E-state index < -0.39 is 5.60 Å². The number of phenolic OH excluding ortho intramolecular Hbond substituents is 1. The summed E-state index contributed by atoms with van der Waals surface area (Å²) in [6.07, 6.45) is 0.432. The molecule has 12 heavy (non-hydrogen) atoms. The molecule has 0 radical (unpaired) electrons. The number of aliphatic hydroxyl groups is 1. The summed E-state index contributed by atoms with van der Waals surface area (Å²) in [4.78, 5) is 10.4. The number of hydrogen-bond acceptors (Lipinski definition) is 3. The molecule has 2 N–H and O–H groups in total. The van der Waals surface area contributed by atoms with Gasteiger partial charge < -0.3 is 10.2 Å². The van der Waals surface area contributed by atoms with Crippen molar-refractivity contribution >= 4 is 6.29 Å². The Morgan fingerprint density at radius 1 is 1.50 bits per heavy atom. The molecule has 3 nitrogen and oxygen atoms in total. The number of aromatic hydroxyl groups is 1. The first-order valence-electron chi connectivity index (χ1n) is 3.54. The number of hydrogen-bond donors (Lipinski definition) is 2. The number of benzene rings is 1. The van der Waals surface area contributed by atoms with E-state index in [0.717, 1.165) is 0 Å². The van der Waals surface area contributed by atoms with E-state index >= 15 is 0 Å². The molecule has 0 saturated carbocycles. The van der Waals surface area contributed by atoms with Gasteiger partial charge in [0.25, 0.3) is 0 Å². The van der Waals surface area contributed by atoms with Crippen LogP contribution in [0.25, 0.3) is 0 Å². The van der Waals surface area contributed by atoms with Crippen molar-refractivity contribution in [2.24, 2.45) is 0 Å². The summed E-state index contributed by atoms with van der Waals surface area (Å²) in [5.74, 6) is 0.0367. The number of rotatable bonds is 2. The van der Waals surface area contributed by atoms with Crippen LogP contribution in [0.2, 0.25) is 0 Å². The first kappa shape index (κ1) is 8.74. The summed E-state index contributed by atoms with van der Waals surface area (Å²) in [7, 11) is 0. The van der Waals surface area contributed by atoms with Gasteiger partial charge in [0.1, 0.15) is 11.4 Å². The van der Waals surface area contributed by atoms with Crippen molar-refractivity contribution in [1.29, 1.82) is 0 Å². The Balaban J connectivity index is 3.11. The zero-order chi connectivity index (χ0) is 9.19. The van der Waals surface area contributed by atoms with E-state index in [2.05, 4.69) is 0 Å². The predicted molar refractivity (Wildman–Crippen MR) is 43.7 cm³/mol. The van der Waals surface area contributed by atoms with Crippen LogP contribution in [0.3, 0.4) is 0 Å². The Labute approximate surface area is 70.3 Å². The van der Waals surface area contributed by atoms with E-state index in [4.69, 9.17) is 5.11 Å². The van der Waals surface area contributed by atoms with Gasteiger partial charge in [0.2, 0.25) is 0 Å². The summed E-state index contributed by atoms with van der Waals surface area (Å²) in [6.45, 7) is 1.37. The van der Waals surface area contributed by atoms with Crippen molar-refractivity contribution in [2.75, 3.05) is 0 Å². The Kier molecular flexibility index (Phi) is 2.15. The third-order valence-electron chi connectivity index (χ3n) is 1.66. The van der Waals surface area contributed by atoms with Crippen molar-refractivity contribution < 1.29 is 15.0 Å². The molecule has 0 aliphatic carbocycles. The van der Waals surface area contributed by atoms with E-state index in [1.165, 1.54) is 19.1 Å². The Bertz CT molecular complexity index is 292. The van der Waals surface area contributed by atoms with Crippen LogP contribution in [0.1, 0.15) is 12.5 Å². The molecular weight excluding hydrogens is 156 g/mol. The molecule has 1 aromatic rings. The van der Waals surface area contributed by atoms with Gasteiger partial charge in [-0.1, -0.05) is 12.1 Å². The maximum absolute atomic E-state index is 10.4. The van der Waals surface area contributed by atoms with E-state index in [-0.39, 0.29) is 5.75 Å². The fourth-order valence-corrected chi connectivity index (χ4v) is 0.889. The van der Waals surface area contributed by atoms with Gasteiger partial charge >= 0.3 is 0 Å². The van der Waals surface area contributed by atoms with E-state index in [0.29, 0.717) is 11.8 Å². The molecule has 0 bridgehead atoms. The lowest BCUT2D eigenvalue weighted by atomic mass is 9.98. The average molecular weight is 166 g/mol. The molecular formula is C9H10O3. The molecule has 0 saturated heterocycles. The molecule has 1 rings (SSSR count). The van der Waals surface area contributed by atoms with Crippen LogP contribution in [-0.4, -0.2) is 16.5 Å². The Morgan fingerprint density at radius 3 is 2.67 bits per heavy atom. The summed E-state index contributed by atoms with van der Waals surface area (Å²) in [5.41, 5.74) is -1.13. The van der Waals surface area contributed by atoms with Gasteiger partial charge in [-0.25, -0.2) is 0 Å². The Hall–Kier alpha value is -1.35. The quantitative estimate of drug-likeness (QED) is 0.639. The second-order valence-electron chi connectivity index (χ2n) is 2.82. The van der Waals surface area contributed by atoms with Crippen LogP contribution < -0.4 is 0 Å². The number of phenols is 1. The highest BCUT2D eigenvalue weighted by molar-refractivity contribution is 5.65. The van der Waals surface area contributed by atoms with E-state index in [1.807, 2.05) is 0 Å². The molecule has 0 aliphatic heterocycles. The monoisotopic (exact) mass is 166 g/mol. The van der Waals surface area contributed by atoms with Crippen LogP contribution in [0.4, 0.5) is 0 Å². The summed E-state index contributed by atoms with van der Waals surface area (Å²) >= 11 is 0. The molecule has 1 atom stereocenters. The highest BCUT2D eigenvalue weighted by Gasteiger charge is 2.21. The maximum atomic E-state index is 10.4. The molecule has 1 unspecified atom stereocenters. The second-order valence-corrected chi connectivity index (χ2v) is 2.82. The first-order valence-corrected chi connectivity index (χ1v) is 3.54. The topological polar surface area (TPSA) is 57.5 Å². The minimum Gasteiger partial charge on any atom is -0.508 e. The summed E-state index contributed by atoms with van der Waals surface area (Å²) in [6, 6.07) is 5.98. The number of aldehydes is 1. The second kappa shape index (κ2) is 2.95. The molecule has 0 aromatic heterocycles. The lowest BCUT2D eigenvalue weighted by Gasteiger charge is -2.15. The van der Waals surface area contributed by atoms with E-state index in [9.17, 15) is 9.90 Å². The van der Waals surface area contributed by atoms with Gasteiger partial charge in [-0.2, -0.15) is 0 Å². The smallest absolute Gasteiger partial charge is 0.155 e. The Morgan fingerprint density at radius 2 is 2.17 bits per heavy atom. The standard InChI is InChI=1S/C9H10O3/c1-9(12,6-10)7-3-2-4-8(11)5-7/h2-6,11-12H,1H3. The first-order chi connectivity index (χ1) is 5.56. The highest BCUT2D eigenvalue weighted by Crippen LogP contribution is 2.21. The number of carbonyl (C=O) groups excluding carboxylic acids is 1. The van der Waals surface area contributed by atoms with Crippen molar-refractivity contribution in [3.63, 3.8) is 0 Å². The molecule has 1 aromatic carbocycles. The van der Waals surface area contributed by atoms with Gasteiger partial charge in [0, 0.05) is 0 Å². The van der Waals surface area contributed by atoms with Crippen molar-refractivity contribution in [3.05, 3.63) is 29.8 Å². The molecule has 0 amide bonds. The van der Waals surface area contributed by atoms with Gasteiger partial charge in [0.05, 0.1) is 0 Å². The molecule has 0 spiro atoms. The SMILES string of the molecule is CC(O)(C=O)c1cccc(O)c1. The zero-order valence-electron chi connectivity index (χ0n) is 6.69. The maximum Gasteiger partial charge on any atom is 0.155 e. The molecule has 3 heteroatoms. The predicted octanol–water partition coefficient (Wildman–Crippen LogP) is 0.799. The van der Waals surface area contributed by atoms with Crippen molar-refractivity contribution in [1.82, 2.24) is 0 Å². The highest BCUT2D eigenvalue weighted by atomic mass is 16.3. The van der Waals surface area contributed by atoms with Gasteiger partial charge in [-0.3, -0.25) is 4.79 Å². The van der Waals surface area contributed by atoms with Crippen LogP contribution in [0.15, 0.2) is 24.3 Å². The lowest BCUT2D eigenvalue weighted by Crippen LogP contribution is -2.22. The fourth-order valence-electron chi connectivity index (χ4n) is 0.889. The zero-order valence-corrected chi connectivity index (χ0v) is 6.69. The average Bonchev–Trinajstić information content (AvgIpc) is 2.05. The van der Waals surface area contributed by atoms with Crippen LogP contribution in [0.5, 0.6) is 5.75 Å². The summed E-state index contributed by atoms with van der Waals surface area (Å²) in [5, 5.41) is 18.5. The summed E-state index contributed by atoms with van der Waals surface area (Å²) < 4.78 is 0. The van der Waals surface area contributed by atoms with Gasteiger partial charge in [-0.05, 0) is 24.6 Å². The lowest BCUT2D eigenvalue weighted by molar-refractivity contribution is -0.123. The molecule has 0 aliphatic rings.